The molecule has 6 nitrogen and oxygen atoms in total. The Labute approximate surface area is 222 Å². The van der Waals surface area contributed by atoms with E-state index in [1.54, 1.807) is 28.4 Å². The predicted octanol–water partition coefficient (Wildman–Crippen LogP) is 5.49. The van der Waals surface area contributed by atoms with E-state index >= 15 is 0 Å². The lowest BCUT2D eigenvalue weighted by Crippen LogP contribution is -2.34. The first-order valence-corrected chi connectivity index (χ1v) is 11.9. The number of rotatable bonds is 8. The predicted molar refractivity (Wildman–Crippen MR) is 146 cm³/mol. The molecule has 35 heavy (non-hydrogen) atoms. The van der Waals surface area contributed by atoms with Gasteiger partial charge in [0.2, 0.25) is 0 Å². The number of fused-ring (bicyclic) bond motifs is 2. The van der Waals surface area contributed by atoms with E-state index in [-0.39, 0.29) is 24.8 Å². The van der Waals surface area contributed by atoms with E-state index in [1.807, 2.05) is 0 Å². The van der Waals surface area contributed by atoms with Gasteiger partial charge in [0.25, 0.3) is 0 Å². The zero-order chi connectivity index (χ0) is 23.5. The molecule has 2 aromatic rings. The van der Waals surface area contributed by atoms with Crippen LogP contribution in [0.5, 0.6) is 23.0 Å². The van der Waals surface area contributed by atoms with Gasteiger partial charge in [0.05, 0.1) is 28.4 Å². The lowest BCUT2D eigenvalue weighted by atomic mass is 9.86. The van der Waals surface area contributed by atoms with E-state index in [9.17, 15) is 0 Å². The Balaban J connectivity index is 0.00000216. The summed E-state index contributed by atoms with van der Waals surface area (Å²) >= 11 is 0. The van der Waals surface area contributed by atoms with Gasteiger partial charge in [-0.25, -0.2) is 0 Å². The fraction of sp³-hybridized carbons (Fsp3) is 0.556. The molecule has 2 heterocycles. The van der Waals surface area contributed by atoms with Crippen LogP contribution in [0.25, 0.3) is 0 Å². The summed E-state index contributed by atoms with van der Waals surface area (Å²) in [4.78, 5) is 4.97. The monoisotopic (exact) mass is 526 g/mol. The molecule has 2 atom stereocenters. The number of nitrogens with zero attached hydrogens (tertiary/aromatic N) is 2. The first-order chi connectivity index (χ1) is 16.0. The van der Waals surface area contributed by atoms with E-state index in [0.29, 0.717) is 12.1 Å². The van der Waals surface area contributed by atoms with Crippen LogP contribution in [0.4, 0.5) is 0 Å². The molecule has 8 heteroatoms. The molecular weight excluding hydrogens is 487 g/mol. The van der Waals surface area contributed by atoms with Gasteiger partial charge in [-0.2, -0.15) is 0 Å². The van der Waals surface area contributed by atoms with Crippen LogP contribution in [-0.4, -0.2) is 65.4 Å². The molecule has 0 unspecified atom stereocenters. The third kappa shape index (κ3) is 5.93. The average Bonchev–Trinajstić information content (AvgIpc) is 2.84. The maximum Gasteiger partial charge on any atom is 0.161 e. The first-order valence-electron chi connectivity index (χ1n) is 11.9. The second-order valence-electron chi connectivity index (χ2n) is 9.24. The van der Waals surface area contributed by atoms with Crippen molar-refractivity contribution in [2.24, 2.45) is 0 Å². The molecule has 2 aliphatic rings. The van der Waals surface area contributed by atoms with Gasteiger partial charge in [-0.3, -0.25) is 9.80 Å². The smallest absolute Gasteiger partial charge is 0.161 e. The topological polar surface area (TPSA) is 43.4 Å². The minimum Gasteiger partial charge on any atom is -0.493 e. The Bertz CT molecular complexity index is 911. The Hall–Kier alpha value is -1.86. The summed E-state index contributed by atoms with van der Waals surface area (Å²) in [5, 5.41) is 0. The highest BCUT2D eigenvalue weighted by Gasteiger charge is 2.29. The molecule has 196 valence electrons. The van der Waals surface area contributed by atoms with Crippen molar-refractivity contribution >= 4 is 24.8 Å². The fourth-order valence-corrected chi connectivity index (χ4v) is 5.56. The van der Waals surface area contributed by atoms with Crippen LogP contribution < -0.4 is 18.9 Å². The van der Waals surface area contributed by atoms with Crippen molar-refractivity contribution in [3.63, 3.8) is 0 Å². The van der Waals surface area contributed by atoms with Gasteiger partial charge >= 0.3 is 0 Å². The molecule has 4 rings (SSSR count). The summed E-state index contributed by atoms with van der Waals surface area (Å²) in [7, 11) is 11.3. The minimum atomic E-state index is 0. The lowest BCUT2D eigenvalue weighted by Gasteiger charge is -2.37. The second-order valence-corrected chi connectivity index (χ2v) is 9.24. The highest BCUT2D eigenvalue weighted by atomic mass is 35.5. The van der Waals surface area contributed by atoms with Gasteiger partial charge < -0.3 is 18.9 Å². The minimum absolute atomic E-state index is 0. The number of hydrogen-bond donors (Lipinski definition) is 0. The van der Waals surface area contributed by atoms with Crippen LogP contribution in [0.1, 0.15) is 53.6 Å². The molecule has 0 saturated heterocycles. The van der Waals surface area contributed by atoms with Crippen molar-refractivity contribution < 1.29 is 18.9 Å². The van der Waals surface area contributed by atoms with Gasteiger partial charge in [-0.1, -0.05) is 0 Å². The van der Waals surface area contributed by atoms with Crippen molar-refractivity contribution in [3.8, 4) is 23.0 Å². The largest absolute Gasteiger partial charge is 0.493 e. The number of hydrogen-bond acceptors (Lipinski definition) is 6. The fourth-order valence-electron chi connectivity index (χ4n) is 5.56. The molecule has 0 N–H and O–H groups in total. The maximum atomic E-state index is 5.61. The number of methoxy groups -OCH3 is 4. The molecule has 0 fully saturated rings. The van der Waals surface area contributed by atoms with Crippen molar-refractivity contribution in [2.45, 2.75) is 44.2 Å². The molecular formula is C27H40Cl2N2O4. The molecule has 0 amide bonds. The van der Waals surface area contributed by atoms with Gasteiger partial charge in [0, 0.05) is 25.2 Å². The van der Waals surface area contributed by atoms with Crippen molar-refractivity contribution in [3.05, 3.63) is 46.5 Å². The van der Waals surface area contributed by atoms with E-state index < -0.39 is 0 Å². The third-order valence-corrected chi connectivity index (χ3v) is 7.50. The van der Waals surface area contributed by atoms with Gasteiger partial charge in [0.15, 0.2) is 23.0 Å². The SMILES string of the molecule is COc1cc2c(cc1OC)[C@@H](CCC[C@@H]1c3cc(OC)c(OC)cc3CCN1C)N(C)CC2.Cl.Cl. The van der Waals surface area contributed by atoms with Crippen molar-refractivity contribution in [1.82, 2.24) is 9.80 Å². The van der Waals surface area contributed by atoms with E-state index in [0.717, 1.165) is 68.2 Å². The molecule has 2 aliphatic heterocycles. The number of ether oxygens (including phenoxy) is 4. The normalized spacial score (nSPS) is 19.5. The summed E-state index contributed by atoms with van der Waals surface area (Å²) in [5.41, 5.74) is 5.52. The Morgan fingerprint density at radius 3 is 1.31 bits per heavy atom. The molecule has 0 aromatic heterocycles. The molecule has 0 aliphatic carbocycles. The molecule has 0 saturated carbocycles. The average molecular weight is 528 g/mol. The Morgan fingerprint density at radius 2 is 0.971 bits per heavy atom. The number of halogens is 2. The maximum absolute atomic E-state index is 5.61. The number of benzene rings is 2. The Kier molecular flexibility index (Phi) is 10.8. The van der Waals surface area contributed by atoms with Crippen LogP contribution >= 0.6 is 24.8 Å². The van der Waals surface area contributed by atoms with Crippen LogP contribution in [0.3, 0.4) is 0 Å². The van der Waals surface area contributed by atoms with E-state index in [4.69, 9.17) is 18.9 Å². The quantitative estimate of drug-likeness (QED) is 0.452. The van der Waals surface area contributed by atoms with E-state index in [1.165, 1.54) is 22.3 Å². The summed E-state index contributed by atoms with van der Waals surface area (Å²) in [6.45, 7) is 2.13. The van der Waals surface area contributed by atoms with Crippen LogP contribution in [0, 0.1) is 0 Å². The van der Waals surface area contributed by atoms with Crippen LogP contribution in [0.15, 0.2) is 24.3 Å². The lowest BCUT2D eigenvalue weighted by molar-refractivity contribution is 0.188. The molecule has 0 radical (unpaired) electrons. The van der Waals surface area contributed by atoms with Crippen molar-refractivity contribution in [1.29, 1.82) is 0 Å². The zero-order valence-electron chi connectivity index (χ0n) is 21.8. The zero-order valence-corrected chi connectivity index (χ0v) is 23.4. The standard InChI is InChI=1S/C27H38N2O4.2ClH/c1-28-12-10-18-14-24(30-3)26(32-5)16-20(18)22(28)8-7-9-23-21-17-27(33-6)25(31-4)15-19(21)11-13-29(23)2;;/h14-17,22-23H,7-13H2,1-6H3;2*1H/t22-,23-;;/m1../s1. The highest BCUT2D eigenvalue weighted by molar-refractivity contribution is 5.85. The Morgan fingerprint density at radius 1 is 0.629 bits per heavy atom. The van der Waals surface area contributed by atoms with Gasteiger partial charge in [0.1, 0.15) is 0 Å². The van der Waals surface area contributed by atoms with E-state index in [2.05, 4.69) is 48.2 Å². The molecule has 0 bridgehead atoms. The summed E-state index contributed by atoms with van der Waals surface area (Å²) in [6.07, 6.45) is 5.47. The van der Waals surface area contributed by atoms with Gasteiger partial charge in [-0.15, -0.1) is 24.8 Å². The number of likely N-dealkylation sites (N-methyl/N-ethyl adjacent to an activating group) is 2. The first kappa shape index (κ1) is 29.4. The second kappa shape index (κ2) is 12.9. The summed E-state index contributed by atoms with van der Waals surface area (Å²) in [6, 6.07) is 9.50. The summed E-state index contributed by atoms with van der Waals surface area (Å²) in [5.74, 6) is 3.28. The van der Waals surface area contributed by atoms with Crippen LogP contribution in [0.2, 0.25) is 0 Å². The third-order valence-electron chi connectivity index (χ3n) is 7.50. The van der Waals surface area contributed by atoms with Gasteiger partial charge in [-0.05, 0) is 92.7 Å². The van der Waals surface area contributed by atoms with Crippen LogP contribution in [-0.2, 0) is 12.8 Å². The summed E-state index contributed by atoms with van der Waals surface area (Å²) < 4.78 is 22.3. The molecule has 2 aromatic carbocycles. The molecule has 0 spiro atoms. The van der Waals surface area contributed by atoms with Crippen molar-refractivity contribution in [2.75, 3.05) is 55.6 Å². The highest BCUT2D eigenvalue weighted by Crippen LogP contribution is 2.42.